The van der Waals surface area contributed by atoms with Gasteiger partial charge in [-0.1, -0.05) is 95.3 Å². The highest BCUT2D eigenvalue weighted by atomic mass is 28.4. The summed E-state index contributed by atoms with van der Waals surface area (Å²) >= 11 is 0. The van der Waals surface area contributed by atoms with Crippen LogP contribution in [0.25, 0.3) is 0 Å². The fourth-order valence-corrected chi connectivity index (χ4v) is 9.84. The first-order valence-corrected chi connectivity index (χ1v) is 14.7. The third-order valence-electron chi connectivity index (χ3n) is 7.35. The summed E-state index contributed by atoms with van der Waals surface area (Å²) in [5.74, 6) is 0.629. The second-order valence-corrected chi connectivity index (χ2v) is 16.7. The van der Waals surface area contributed by atoms with Crippen molar-refractivity contribution in [3.63, 3.8) is 0 Å². The van der Waals surface area contributed by atoms with E-state index in [1.807, 2.05) is 20.8 Å². The summed E-state index contributed by atoms with van der Waals surface area (Å²) in [6.45, 7) is 18.9. The van der Waals surface area contributed by atoms with Crippen molar-refractivity contribution in [3.05, 3.63) is 60.7 Å². The van der Waals surface area contributed by atoms with Crippen molar-refractivity contribution >= 4 is 24.7 Å². The third kappa shape index (κ3) is 6.44. The van der Waals surface area contributed by atoms with Gasteiger partial charge in [-0.3, -0.25) is 4.79 Å². The van der Waals surface area contributed by atoms with E-state index < -0.39 is 13.9 Å². The van der Waals surface area contributed by atoms with Gasteiger partial charge >= 0.3 is 5.97 Å². The zero-order valence-electron chi connectivity index (χ0n) is 22.9. The first kappa shape index (κ1) is 27.6. The SMILES string of the molecule is CC(C)(C)OC(=O)CCOC[C@H]1[C@@H](CO[Si](c2ccccc2)(c2ccccc2)C(C)(C)C)C1(C)C. The maximum Gasteiger partial charge on any atom is 0.308 e. The van der Waals surface area contributed by atoms with Crippen molar-refractivity contribution in [1.82, 2.24) is 0 Å². The minimum atomic E-state index is -2.54. The Morgan fingerprint density at radius 3 is 1.77 bits per heavy atom. The summed E-state index contributed by atoms with van der Waals surface area (Å²) < 4.78 is 18.5. The number of hydrogen-bond donors (Lipinski definition) is 0. The van der Waals surface area contributed by atoms with Gasteiger partial charge in [-0.15, -0.1) is 0 Å². The average molecular weight is 497 g/mol. The summed E-state index contributed by atoms with van der Waals surface area (Å²) in [6.07, 6.45) is 0.285. The molecular formula is C30H44O4Si. The number of esters is 1. The molecular weight excluding hydrogens is 452 g/mol. The summed E-state index contributed by atoms with van der Waals surface area (Å²) in [7, 11) is -2.54. The van der Waals surface area contributed by atoms with Gasteiger partial charge in [0.1, 0.15) is 5.60 Å². The van der Waals surface area contributed by atoms with E-state index in [1.165, 1.54) is 10.4 Å². The van der Waals surface area contributed by atoms with Crippen molar-refractivity contribution in [2.75, 3.05) is 19.8 Å². The van der Waals surface area contributed by atoms with E-state index in [9.17, 15) is 4.79 Å². The van der Waals surface area contributed by atoms with Gasteiger partial charge in [0.25, 0.3) is 8.32 Å². The molecule has 0 heterocycles. The van der Waals surface area contributed by atoms with Gasteiger partial charge in [-0.05, 0) is 53.4 Å². The van der Waals surface area contributed by atoms with E-state index in [0.29, 0.717) is 31.7 Å². The van der Waals surface area contributed by atoms with Crippen molar-refractivity contribution < 1.29 is 18.7 Å². The van der Waals surface area contributed by atoms with Crippen molar-refractivity contribution in [2.45, 2.75) is 72.5 Å². The summed E-state index contributed by atoms with van der Waals surface area (Å²) in [5, 5.41) is 2.58. The predicted molar refractivity (Wildman–Crippen MR) is 146 cm³/mol. The lowest BCUT2D eigenvalue weighted by atomic mass is 10.1. The third-order valence-corrected chi connectivity index (χ3v) is 12.4. The molecule has 0 aliphatic heterocycles. The molecule has 1 fully saturated rings. The molecule has 1 aliphatic carbocycles. The molecule has 2 aromatic rings. The fraction of sp³-hybridized carbons (Fsp3) is 0.567. The van der Waals surface area contributed by atoms with Crippen LogP contribution < -0.4 is 10.4 Å². The maximum atomic E-state index is 12.0. The van der Waals surface area contributed by atoms with Crippen LogP contribution in [0.5, 0.6) is 0 Å². The van der Waals surface area contributed by atoms with E-state index >= 15 is 0 Å². The number of hydrogen-bond acceptors (Lipinski definition) is 4. The summed E-state index contributed by atoms with van der Waals surface area (Å²) in [5.41, 5.74) is -0.309. The predicted octanol–water partition coefficient (Wildman–Crippen LogP) is 5.58. The molecule has 1 aliphatic rings. The molecule has 192 valence electrons. The van der Waals surface area contributed by atoms with Gasteiger partial charge in [0, 0.05) is 6.61 Å². The van der Waals surface area contributed by atoms with Crippen LogP contribution in [0, 0.1) is 17.3 Å². The molecule has 0 saturated heterocycles. The van der Waals surface area contributed by atoms with Crippen LogP contribution in [0.4, 0.5) is 0 Å². The summed E-state index contributed by atoms with van der Waals surface area (Å²) in [6, 6.07) is 21.6. The number of benzene rings is 2. The number of ether oxygens (including phenoxy) is 2. The monoisotopic (exact) mass is 496 g/mol. The smallest absolute Gasteiger partial charge is 0.308 e. The Kier molecular flexibility index (Phi) is 8.35. The Bertz CT molecular complexity index is 918. The molecule has 0 unspecified atom stereocenters. The number of rotatable bonds is 10. The van der Waals surface area contributed by atoms with Crippen LogP contribution in [0.2, 0.25) is 5.04 Å². The highest BCUT2D eigenvalue weighted by Crippen LogP contribution is 2.58. The zero-order valence-corrected chi connectivity index (χ0v) is 23.9. The molecule has 35 heavy (non-hydrogen) atoms. The molecule has 1 saturated carbocycles. The summed E-state index contributed by atoms with van der Waals surface area (Å²) in [4.78, 5) is 12.0. The molecule has 0 N–H and O–H groups in total. The van der Waals surface area contributed by atoms with Crippen molar-refractivity contribution in [3.8, 4) is 0 Å². The van der Waals surface area contributed by atoms with Crippen LogP contribution in [0.15, 0.2) is 60.7 Å². The Labute approximate surface area is 213 Å². The molecule has 2 aromatic carbocycles. The lowest BCUT2D eigenvalue weighted by molar-refractivity contribution is -0.156. The first-order valence-electron chi connectivity index (χ1n) is 12.8. The second-order valence-electron chi connectivity index (χ2n) is 12.4. The first-order chi connectivity index (χ1) is 16.3. The lowest BCUT2D eigenvalue weighted by Crippen LogP contribution is -2.66. The topological polar surface area (TPSA) is 44.8 Å². The van der Waals surface area contributed by atoms with E-state index in [1.54, 1.807) is 0 Å². The maximum absolute atomic E-state index is 12.0. The minimum absolute atomic E-state index is 0.0336. The standard InChI is InChI=1S/C30H44O4Si/c1-28(2,3)34-27(31)19-20-32-21-25-26(30(25,7)8)22-33-35(29(4,5)6,23-15-11-9-12-16-23)24-17-13-10-14-18-24/h9-18,25-26H,19-22H2,1-8H3/t25-,26+/m0/s1. The molecule has 0 amide bonds. The van der Waals surface area contributed by atoms with Gasteiger partial charge in [0.05, 0.1) is 19.6 Å². The minimum Gasteiger partial charge on any atom is -0.460 e. The van der Waals surface area contributed by atoms with Gasteiger partial charge in [0.2, 0.25) is 0 Å². The Balaban J connectivity index is 1.70. The van der Waals surface area contributed by atoms with Crippen LogP contribution in [-0.4, -0.2) is 39.7 Å². The van der Waals surface area contributed by atoms with Gasteiger partial charge in [0.15, 0.2) is 0 Å². The molecule has 5 heteroatoms. The largest absolute Gasteiger partial charge is 0.460 e. The van der Waals surface area contributed by atoms with Crippen molar-refractivity contribution in [1.29, 1.82) is 0 Å². The van der Waals surface area contributed by atoms with E-state index in [2.05, 4.69) is 95.3 Å². The van der Waals surface area contributed by atoms with Gasteiger partial charge in [-0.2, -0.15) is 0 Å². The Morgan fingerprint density at radius 1 is 0.829 bits per heavy atom. The number of carbonyl (C=O) groups excluding carboxylic acids is 1. The number of carbonyl (C=O) groups is 1. The highest BCUT2D eigenvalue weighted by Gasteiger charge is 2.59. The molecule has 4 nitrogen and oxygen atoms in total. The molecule has 0 aromatic heterocycles. The van der Waals surface area contributed by atoms with Crippen LogP contribution in [0.1, 0.15) is 61.8 Å². The molecule has 0 radical (unpaired) electrons. The highest BCUT2D eigenvalue weighted by molar-refractivity contribution is 6.99. The van der Waals surface area contributed by atoms with E-state index in [-0.39, 0.29) is 22.8 Å². The molecule has 2 atom stereocenters. The lowest BCUT2D eigenvalue weighted by Gasteiger charge is -2.43. The van der Waals surface area contributed by atoms with Gasteiger partial charge < -0.3 is 13.9 Å². The van der Waals surface area contributed by atoms with Crippen LogP contribution in [-0.2, 0) is 18.7 Å². The van der Waals surface area contributed by atoms with Gasteiger partial charge in [-0.25, -0.2) is 0 Å². The van der Waals surface area contributed by atoms with Crippen LogP contribution in [0.3, 0.4) is 0 Å². The normalized spacial score (nSPS) is 19.9. The average Bonchev–Trinajstić information content (AvgIpc) is 3.29. The Morgan fingerprint density at radius 2 is 1.31 bits per heavy atom. The van der Waals surface area contributed by atoms with E-state index in [0.717, 1.165) is 0 Å². The molecule has 0 bridgehead atoms. The van der Waals surface area contributed by atoms with Crippen molar-refractivity contribution in [2.24, 2.45) is 17.3 Å². The molecule has 3 rings (SSSR count). The quantitative estimate of drug-likeness (QED) is 0.245. The van der Waals surface area contributed by atoms with E-state index in [4.69, 9.17) is 13.9 Å². The molecule has 0 spiro atoms. The Hall–Kier alpha value is -1.95. The zero-order chi connectivity index (χ0) is 25.9. The fourth-order valence-electron chi connectivity index (χ4n) is 5.25. The second kappa shape index (κ2) is 10.6. The van der Waals surface area contributed by atoms with Crippen LogP contribution >= 0.6 is 0 Å².